The van der Waals surface area contributed by atoms with Crippen LogP contribution >= 0.6 is 11.3 Å². The Morgan fingerprint density at radius 2 is 0.703 bits per heavy atom. The van der Waals surface area contributed by atoms with Gasteiger partial charge in [0.15, 0.2) is 0 Å². The molecule has 0 N–H and O–H groups in total. The van der Waals surface area contributed by atoms with Gasteiger partial charge >= 0.3 is 0 Å². The summed E-state index contributed by atoms with van der Waals surface area (Å²) in [7, 11) is 0. The van der Waals surface area contributed by atoms with Crippen molar-refractivity contribution >= 4 is 48.6 Å². The molecule has 3 aliphatic rings. The summed E-state index contributed by atoms with van der Waals surface area (Å²) < 4.78 is 2.60. The van der Waals surface area contributed by atoms with Crippen molar-refractivity contribution in [3.05, 3.63) is 281 Å². The van der Waals surface area contributed by atoms with E-state index in [0.717, 1.165) is 17.1 Å². The van der Waals surface area contributed by atoms with Gasteiger partial charge in [-0.15, -0.1) is 11.3 Å². The molecule has 1 heterocycles. The highest BCUT2D eigenvalue weighted by Crippen LogP contribution is 2.68. The van der Waals surface area contributed by atoms with E-state index in [2.05, 4.69) is 241 Å². The Kier molecular flexibility index (Phi) is 7.47. The molecule has 14 rings (SSSR count). The number of anilines is 3. The predicted molar refractivity (Wildman–Crippen MR) is 268 cm³/mol. The third-order valence-corrected chi connectivity index (χ3v) is 15.7. The number of hydrogen-bond donors (Lipinski definition) is 0. The molecule has 0 saturated carbocycles. The van der Waals surface area contributed by atoms with Crippen LogP contribution in [0, 0.1) is 0 Å². The van der Waals surface area contributed by atoms with Gasteiger partial charge in [0.25, 0.3) is 0 Å². The van der Waals surface area contributed by atoms with E-state index in [1.807, 2.05) is 11.3 Å². The molecule has 2 heteroatoms. The molecular weight excluding hydrogens is 791 g/mol. The lowest BCUT2D eigenvalue weighted by atomic mass is 9.52. The van der Waals surface area contributed by atoms with Gasteiger partial charge in [-0.2, -0.15) is 0 Å². The summed E-state index contributed by atoms with van der Waals surface area (Å²) in [6.45, 7) is 0. The average molecular weight is 830 g/mol. The van der Waals surface area contributed by atoms with Gasteiger partial charge in [-0.05, 0) is 115 Å². The Hall–Kier alpha value is -7.78. The monoisotopic (exact) mass is 829 g/mol. The van der Waals surface area contributed by atoms with Crippen molar-refractivity contribution in [2.24, 2.45) is 0 Å². The summed E-state index contributed by atoms with van der Waals surface area (Å²) in [5, 5.41) is 2.57. The third-order valence-electron chi connectivity index (χ3n) is 14.6. The van der Waals surface area contributed by atoms with Gasteiger partial charge in [-0.1, -0.05) is 194 Å². The van der Waals surface area contributed by atoms with Gasteiger partial charge in [-0.25, -0.2) is 0 Å². The normalized spacial score (nSPS) is 14.2. The molecule has 11 aromatic rings. The zero-order valence-electron chi connectivity index (χ0n) is 34.9. The van der Waals surface area contributed by atoms with Gasteiger partial charge < -0.3 is 4.90 Å². The van der Waals surface area contributed by atoms with E-state index in [0.29, 0.717) is 0 Å². The zero-order chi connectivity index (χ0) is 42.0. The molecule has 0 aliphatic heterocycles. The Bertz CT molecular complexity index is 3610. The van der Waals surface area contributed by atoms with Crippen LogP contribution in [0.3, 0.4) is 0 Å². The lowest BCUT2D eigenvalue weighted by Gasteiger charge is -2.49. The van der Waals surface area contributed by atoms with Crippen molar-refractivity contribution < 1.29 is 0 Å². The number of hydrogen-bond acceptors (Lipinski definition) is 2. The van der Waals surface area contributed by atoms with Crippen molar-refractivity contribution in [1.29, 1.82) is 0 Å². The first-order valence-electron chi connectivity index (χ1n) is 22.3. The van der Waals surface area contributed by atoms with Crippen LogP contribution in [0.15, 0.2) is 237 Å². The molecule has 0 saturated heterocycles. The number of benzene rings is 10. The highest BCUT2D eigenvalue weighted by Gasteiger charge is 2.59. The van der Waals surface area contributed by atoms with E-state index < -0.39 is 10.8 Å². The van der Waals surface area contributed by atoms with Crippen LogP contribution in [0.25, 0.3) is 53.6 Å². The number of thiophene rings is 1. The Morgan fingerprint density at radius 3 is 1.31 bits per heavy atom. The SMILES string of the molecule is c1ccc(-c2ccccc2N(c2ccc3c(c2)C2(c4ccccc4-c4ccccc42)c2ccccc2C32c3ccccc3-c3ccccc32)c2ccc3sc4ccccc4c3c2)cc1. The Labute approximate surface area is 376 Å². The summed E-state index contributed by atoms with van der Waals surface area (Å²) in [6, 6.07) is 89.3. The maximum absolute atomic E-state index is 2.58. The van der Waals surface area contributed by atoms with Gasteiger partial charge in [0.2, 0.25) is 0 Å². The summed E-state index contributed by atoms with van der Waals surface area (Å²) >= 11 is 1.87. The topological polar surface area (TPSA) is 3.24 Å². The third kappa shape index (κ3) is 4.57. The molecule has 64 heavy (non-hydrogen) atoms. The number of nitrogens with zero attached hydrogens (tertiary/aromatic N) is 1. The van der Waals surface area contributed by atoms with E-state index in [1.165, 1.54) is 98.1 Å². The first kappa shape index (κ1) is 35.8. The second-order valence-electron chi connectivity index (χ2n) is 17.5. The van der Waals surface area contributed by atoms with Crippen LogP contribution in [0.1, 0.15) is 44.5 Å². The molecular formula is C62H39NS. The molecule has 1 aromatic heterocycles. The molecule has 0 atom stereocenters. The van der Waals surface area contributed by atoms with Crippen LogP contribution in [0.2, 0.25) is 0 Å². The molecule has 1 nitrogen and oxygen atoms in total. The van der Waals surface area contributed by atoms with E-state index in [9.17, 15) is 0 Å². The molecule has 0 unspecified atom stereocenters. The minimum Gasteiger partial charge on any atom is -0.310 e. The first-order valence-corrected chi connectivity index (χ1v) is 23.1. The Balaban J connectivity index is 1.14. The standard InChI is InChI=1S/C62H39NS/c1-2-18-40(19-3-1)43-20-8-16-32-58(43)63(41-35-37-60-49(38-41)48-25-9-17-33-59(48)64-60)42-34-36-56-57(39-42)62(52-28-12-6-23-46(52)47-24-7-13-29-53(47)62)55-31-15-14-30-54(55)61(56)50-26-10-4-21-44(50)45-22-5-11-27-51(45)61/h1-39H. The maximum Gasteiger partial charge on any atom is 0.0720 e. The Morgan fingerprint density at radius 1 is 0.281 bits per heavy atom. The quantitative estimate of drug-likeness (QED) is 0.171. The molecule has 3 aliphatic carbocycles. The fourth-order valence-corrected chi connectivity index (χ4v) is 13.3. The van der Waals surface area contributed by atoms with E-state index >= 15 is 0 Å². The molecule has 0 amide bonds. The molecule has 2 spiro atoms. The summed E-state index contributed by atoms with van der Waals surface area (Å²) in [5.74, 6) is 0. The highest BCUT2D eigenvalue weighted by atomic mass is 32.1. The maximum atomic E-state index is 2.58. The van der Waals surface area contributed by atoms with Crippen LogP contribution < -0.4 is 4.90 Å². The smallest absolute Gasteiger partial charge is 0.0720 e. The lowest BCUT2D eigenvalue weighted by Crippen LogP contribution is -2.43. The first-order chi connectivity index (χ1) is 31.8. The van der Waals surface area contributed by atoms with Crippen molar-refractivity contribution in [3.8, 4) is 33.4 Å². The van der Waals surface area contributed by atoms with Crippen LogP contribution in [-0.2, 0) is 10.8 Å². The van der Waals surface area contributed by atoms with Crippen LogP contribution in [-0.4, -0.2) is 0 Å². The summed E-state index contributed by atoms with van der Waals surface area (Å²) in [5.41, 5.74) is 20.5. The average Bonchev–Trinajstić information content (AvgIpc) is 3.99. The van der Waals surface area contributed by atoms with E-state index in [-0.39, 0.29) is 0 Å². The van der Waals surface area contributed by atoms with Gasteiger partial charge in [-0.3, -0.25) is 0 Å². The van der Waals surface area contributed by atoms with Crippen molar-refractivity contribution in [1.82, 2.24) is 0 Å². The zero-order valence-corrected chi connectivity index (χ0v) is 35.7. The van der Waals surface area contributed by atoms with Crippen LogP contribution in [0.5, 0.6) is 0 Å². The van der Waals surface area contributed by atoms with Crippen LogP contribution in [0.4, 0.5) is 17.1 Å². The highest BCUT2D eigenvalue weighted by molar-refractivity contribution is 7.25. The molecule has 10 aromatic carbocycles. The van der Waals surface area contributed by atoms with Gasteiger partial charge in [0.1, 0.15) is 0 Å². The minimum atomic E-state index is -0.592. The lowest BCUT2D eigenvalue weighted by molar-refractivity contribution is 0.633. The van der Waals surface area contributed by atoms with Gasteiger partial charge in [0, 0.05) is 37.1 Å². The molecule has 0 bridgehead atoms. The minimum absolute atomic E-state index is 0.545. The van der Waals surface area contributed by atoms with Crippen molar-refractivity contribution in [3.63, 3.8) is 0 Å². The number of rotatable bonds is 4. The van der Waals surface area contributed by atoms with Gasteiger partial charge in [0.05, 0.1) is 16.5 Å². The number of para-hydroxylation sites is 1. The van der Waals surface area contributed by atoms with Crippen molar-refractivity contribution in [2.45, 2.75) is 10.8 Å². The largest absolute Gasteiger partial charge is 0.310 e. The predicted octanol–water partition coefficient (Wildman–Crippen LogP) is 16.2. The molecule has 298 valence electrons. The number of fused-ring (bicyclic) bond motifs is 19. The van der Waals surface area contributed by atoms with E-state index in [1.54, 1.807) is 0 Å². The molecule has 0 radical (unpaired) electrons. The summed E-state index contributed by atoms with van der Waals surface area (Å²) in [6.07, 6.45) is 0. The second kappa shape index (κ2) is 13.4. The fourth-order valence-electron chi connectivity index (χ4n) is 12.2. The second-order valence-corrected chi connectivity index (χ2v) is 18.5. The summed E-state index contributed by atoms with van der Waals surface area (Å²) in [4.78, 5) is 2.53. The fraction of sp³-hybridized carbons (Fsp3) is 0.0323. The van der Waals surface area contributed by atoms with Crippen molar-refractivity contribution in [2.75, 3.05) is 4.90 Å². The molecule has 0 fully saturated rings. The van der Waals surface area contributed by atoms with E-state index in [4.69, 9.17) is 0 Å².